The van der Waals surface area contributed by atoms with Crippen LogP contribution in [0.1, 0.15) is 76.3 Å². The molecule has 0 spiro atoms. The van der Waals surface area contributed by atoms with E-state index in [0.29, 0.717) is 0 Å². The van der Waals surface area contributed by atoms with Gasteiger partial charge >= 0.3 is 0 Å². The van der Waals surface area contributed by atoms with Gasteiger partial charge in [-0.3, -0.25) is 0 Å². The van der Waals surface area contributed by atoms with Gasteiger partial charge in [-0.2, -0.15) is 0 Å². The third-order valence-electron chi connectivity index (χ3n) is 12.4. The number of rotatable bonds is 4. The Morgan fingerprint density at radius 2 is 1.11 bits per heavy atom. The highest BCUT2D eigenvalue weighted by molar-refractivity contribution is 6.13. The van der Waals surface area contributed by atoms with Crippen molar-refractivity contribution in [3.8, 4) is 33.4 Å². The van der Waals surface area contributed by atoms with Crippen molar-refractivity contribution in [1.82, 2.24) is 0 Å². The minimum atomic E-state index is -0.213. The summed E-state index contributed by atoms with van der Waals surface area (Å²) in [6.07, 6.45) is 0. The smallest absolute Gasteiger partial charge is 0.143 e. The first-order valence-electron chi connectivity index (χ1n) is 19.3. The molecule has 8 aromatic rings. The van der Waals surface area contributed by atoms with Gasteiger partial charge in [0, 0.05) is 44.1 Å². The average Bonchev–Trinajstić information content (AvgIpc) is 3.75. The monoisotopic (exact) mass is 699 g/mol. The number of nitrogens with zero attached hydrogens (tertiary/aromatic N) is 1. The number of anilines is 3. The molecule has 2 nitrogen and oxygen atoms in total. The van der Waals surface area contributed by atoms with Crippen molar-refractivity contribution in [2.45, 2.75) is 64.7 Å². The van der Waals surface area contributed by atoms with Crippen molar-refractivity contribution in [2.75, 3.05) is 4.90 Å². The normalized spacial score (nSPS) is 14.9. The molecule has 10 rings (SSSR count). The fourth-order valence-electron chi connectivity index (χ4n) is 9.42. The number of hydrogen-bond donors (Lipinski definition) is 0. The van der Waals surface area contributed by atoms with Crippen LogP contribution in [-0.2, 0) is 16.2 Å². The van der Waals surface area contributed by atoms with Gasteiger partial charge in [0.1, 0.15) is 11.2 Å². The topological polar surface area (TPSA) is 16.4 Å². The van der Waals surface area contributed by atoms with E-state index < -0.39 is 0 Å². The van der Waals surface area contributed by atoms with Crippen LogP contribution in [0, 0.1) is 0 Å². The summed E-state index contributed by atoms with van der Waals surface area (Å²) in [6.45, 7) is 16.2. The van der Waals surface area contributed by atoms with Gasteiger partial charge in [-0.1, -0.05) is 158 Å². The van der Waals surface area contributed by atoms with E-state index in [9.17, 15) is 0 Å². The summed E-state index contributed by atoms with van der Waals surface area (Å²) in [5.74, 6) is 0. The Kier molecular flexibility index (Phi) is 6.87. The van der Waals surface area contributed by atoms with Crippen LogP contribution in [0.5, 0.6) is 0 Å². The van der Waals surface area contributed by atoms with E-state index in [1.165, 1.54) is 72.0 Å². The van der Waals surface area contributed by atoms with Crippen LogP contribution in [0.15, 0.2) is 150 Å². The number of benzene rings is 7. The molecule has 1 aromatic heterocycles. The Morgan fingerprint density at radius 3 is 1.89 bits per heavy atom. The highest BCUT2D eigenvalue weighted by Crippen LogP contribution is 2.58. The molecular formula is C52H45NO. The molecular weight excluding hydrogens is 655 g/mol. The largest absolute Gasteiger partial charge is 0.455 e. The molecule has 0 radical (unpaired) electrons. The first kappa shape index (κ1) is 32.8. The second-order valence-electron chi connectivity index (χ2n) is 17.4. The van der Waals surface area contributed by atoms with Gasteiger partial charge in [-0.25, -0.2) is 0 Å². The zero-order valence-corrected chi connectivity index (χ0v) is 32.2. The second-order valence-corrected chi connectivity index (χ2v) is 17.4. The van der Waals surface area contributed by atoms with Gasteiger partial charge in [0.05, 0.1) is 5.69 Å². The molecule has 0 bridgehead atoms. The Labute approximate surface area is 318 Å². The van der Waals surface area contributed by atoms with Gasteiger partial charge in [0.2, 0.25) is 0 Å². The lowest BCUT2D eigenvalue weighted by Crippen LogP contribution is -2.17. The zero-order chi connectivity index (χ0) is 37.1. The van der Waals surface area contributed by atoms with E-state index in [1.807, 2.05) is 0 Å². The van der Waals surface area contributed by atoms with E-state index in [4.69, 9.17) is 4.42 Å². The molecule has 7 aromatic carbocycles. The second kappa shape index (κ2) is 11.3. The van der Waals surface area contributed by atoms with Gasteiger partial charge < -0.3 is 9.32 Å². The molecule has 0 atom stereocenters. The lowest BCUT2D eigenvalue weighted by molar-refractivity contribution is 0.587. The summed E-state index contributed by atoms with van der Waals surface area (Å²) in [5.41, 5.74) is 19.2. The summed E-state index contributed by atoms with van der Waals surface area (Å²) in [4.78, 5) is 2.48. The molecule has 0 unspecified atom stereocenters. The zero-order valence-electron chi connectivity index (χ0n) is 32.2. The van der Waals surface area contributed by atoms with Gasteiger partial charge in [-0.15, -0.1) is 0 Å². The number of furan rings is 1. The Balaban J connectivity index is 1.23. The minimum absolute atomic E-state index is 0.0270. The fraction of sp³-hybridized carbons (Fsp3) is 0.192. The third kappa shape index (κ3) is 4.65. The Bertz CT molecular complexity index is 2790. The molecule has 0 aliphatic heterocycles. The van der Waals surface area contributed by atoms with E-state index in [-0.39, 0.29) is 16.2 Å². The quantitative estimate of drug-likeness (QED) is 0.182. The Hall–Kier alpha value is -5.86. The van der Waals surface area contributed by atoms with Crippen LogP contribution in [0.25, 0.3) is 55.3 Å². The minimum Gasteiger partial charge on any atom is -0.455 e. The van der Waals surface area contributed by atoms with Crippen molar-refractivity contribution in [2.24, 2.45) is 0 Å². The first-order valence-corrected chi connectivity index (χ1v) is 19.3. The molecule has 2 heteroatoms. The van der Waals surface area contributed by atoms with E-state index >= 15 is 0 Å². The summed E-state index contributed by atoms with van der Waals surface area (Å²) >= 11 is 0. The van der Waals surface area contributed by atoms with E-state index in [1.54, 1.807) is 0 Å². The lowest BCUT2D eigenvalue weighted by atomic mass is 9.82. The average molecular weight is 700 g/mol. The molecule has 0 N–H and O–H groups in total. The summed E-state index contributed by atoms with van der Waals surface area (Å²) in [5, 5.41) is 2.33. The number of hydrogen-bond acceptors (Lipinski definition) is 2. The van der Waals surface area contributed by atoms with Crippen LogP contribution in [0.4, 0.5) is 17.1 Å². The molecule has 2 aliphatic rings. The van der Waals surface area contributed by atoms with Crippen molar-refractivity contribution in [1.29, 1.82) is 0 Å². The maximum absolute atomic E-state index is 7.00. The number of fused-ring (bicyclic) bond motifs is 10. The van der Waals surface area contributed by atoms with Gasteiger partial charge in [-0.05, 0) is 91.9 Å². The van der Waals surface area contributed by atoms with Gasteiger partial charge in [0.15, 0.2) is 0 Å². The van der Waals surface area contributed by atoms with E-state index in [2.05, 4.69) is 199 Å². The predicted octanol–water partition coefficient (Wildman–Crippen LogP) is 14.6. The maximum Gasteiger partial charge on any atom is 0.143 e. The van der Waals surface area contributed by atoms with Crippen LogP contribution in [-0.4, -0.2) is 0 Å². The standard InChI is InChI=1S/C52H45NO/c1-50(2,3)34-22-26-39-40-28-29-43-48(49(40)54-46(39)30-34)47-42(52(43,6)7)18-13-19-45(47)53(35-23-20-33(21-24-35)32-14-9-8-10-15-32)36-25-27-38-37-16-11-12-17-41(37)51(4,5)44(38)31-36/h8-31H,1-7H3. The summed E-state index contributed by atoms with van der Waals surface area (Å²) < 4.78 is 7.00. The molecule has 0 saturated heterocycles. The Morgan fingerprint density at radius 1 is 0.481 bits per heavy atom. The van der Waals surface area contributed by atoms with Crippen molar-refractivity contribution in [3.63, 3.8) is 0 Å². The molecule has 264 valence electrons. The van der Waals surface area contributed by atoms with E-state index in [0.717, 1.165) is 28.2 Å². The molecule has 2 aliphatic carbocycles. The van der Waals surface area contributed by atoms with Crippen LogP contribution in [0.2, 0.25) is 0 Å². The maximum atomic E-state index is 7.00. The predicted molar refractivity (Wildman–Crippen MR) is 228 cm³/mol. The third-order valence-corrected chi connectivity index (χ3v) is 12.4. The van der Waals surface area contributed by atoms with Crippen molar-refractivity contribution < 1.29 is 4.42 Å². The van der Waals surface area contributed by atoms with Gasteiger partial charge in [0.25, 0.3) is 0 Å². The molecule has 1 heterocycles. The van der Waals surface area contributed by atoms with Crippen molar-refractivity contribution in [3.05, 3.63) is 173 Å². The molecule has 0 saturated carbocycles. The van der Waals surface area contributed by atoms with Crippen LogP contribution >= 0.6 is 0 Å². The van der Waals surface area contributed by atoms with Crippen LogP contribution in [0.3, 0.4) is 0 Å². The first-order chi connectivity index (χ1) is 25.9. The lowest BCUT2D eigenvalue weighted by Gasteiger charge is -2.30. The molecule has 0 fully saturated rings. The highest BCUT2D eigenvalue weighted by Gasteiger charge is 2.41. The molecule has 0 amide bonds. The molecule has 54 heavy (non-hydrogen) atoms. The highest BCUT2D eigenvalue weighted by atomic mass is 16.3. The van der Waals surface area contributed by atoms with Crippen molar-refractivity contribution >= 4 is 39.0 Å². The summed E-state index contributed by atoms with van der Waals surface area (Å²) in [7, 11) is 0. The van der Waals surface area contributed by atoms with Crippen LogP contribution < -0.4 is 4.90 Å². The fourth-order valence-corrected chi connectivity index (χ4v) is 9.42. The summed E-state index contributed by atoms with van der Waals surface area (Å²) in [6, 6.07) is 54.0. The SMILES string of the molecule is CC(C)(C)c1ccc2c(c1)oc1c3c(ccc12)C(C)(C)c1cccc(N(c2ccc(-c4ccccc4)cc2)c2ccc4c(c2)C(C)(C)c2ccccc2-4)c1-3.